The SMILES string of the molecule is COc1ccccc1-n1cc(-c2ccc(N3CCS(O)(O)CC3)cc2)c([C@@H]2CCCC[C@H]2C(=O)NC2(C#N)CC2)n1. The van der Waals surface area contributed by atoms with E-state index in [4.69, 9.17) is 9.84 Å². The van der Waals surface area contributed by atoms with Gasteiger partial charge in [-0.05, 0) is 55.5 Å². The molecule has 0 spiro atoms. The van der Waals surface area contributed by atoms with Crippen LogP contribution < -0.4 is 15.0 Å². The van der Waals surface area contributed by atoms with Gasteiger partial charge in [-0.25, -0.2) is 4.68 Å². The number of rotatable bonds is 7. The molecule has 0 radical (unpaired) electrons. The topological polar surface area (TPSA) is 124 Å². The van der Waals surface area contributed by atoms with Crippen LogP contribution in [0.3, 0.4) is 0 Å². The van der Waals surface area contributed by atoms with Crippen molar-refractivity contribution in [1.82, 2.24) is 15.1 Å². The number of nitrogens with zero attached hydrogens (tertiary/aromatic N) is 4. The highest BCUT2D eigenvalue weighted by Gasteiger charge is 2.47. The number of amides is 1. The van der Waals surface area contributed by atoms with Gasteiger partial charge in [-0.2, -0.15) is 21.0 Å². The van der Waals surface area contributed by atoms with Crippen LogP contribution in [0.1, 0.15) is 50.1 Å². The van der Waals surface area contributed by atoms with Crippen molar-refractivity contribution in [2.24, 2.45) is 5.92 Å². The van der Waals surface area contributed by atoms with Crippen LogP contribution in [-0.2, 0) is 4.79 Å². The third kappa shape index (κ3) is 5.67. The van der Waals surface area contributed by atoms with Crippen molar-refractivity contribution < 1.29 is 18.6 Å². The van der Waals surface area contributed by atoms with Crippen LogP contribution in [0.25, 0.3) is 16.8 Å². The number of ether oxygens (including phenoxy) is 1. The number of carbonyl (C=O) groups is 1. The number of hydrogen-bond donors (Lipinski definition) is 3. The molecule has 3 N–H and O–H groups in total. The van der Waals surface area contributed by atoms with Crippen LogP contribution in [0.4, 0.5) is 5.69 Å². The van der Waals surface area contributed by atoms with E-state index in [1.54, 1.807) is 7.11 Å². The van der Waals surface area contributed by atoms with Gasteiger partial charge < -0.3 is 15.0 Å². The minimum Gasteiger partial charge on any atom is -0.494 e. The van der Waals surface area contributed by atoms with Gasteiger partial charge in [0, 0.05) is 42.4 Å². The molecule has 2 atom stereocenters. The molecule has 0 unspecified atom stereocenters. The second-order valence-corrected chi connectivity index (χ2v) is 13.9. The minimum atomic E-state index is -2.46. The monoisotopic (exact) mass is 575 g/mol. The maximum atomic E-state index is 13.5. The molecule has 3 aromatic rings. The van der Waals surface area contributed by atoms with E-state index in [1.807, 2.05) is 35.1 Å². The highest BCUT2D eigenvalue weighted by Crippen LogP contribution is 2.44. The first-order chi connectivity index (χ1) is 19.8. The van der Waals surface area contributed by atoms with Crippen molar-refractivity contribution in [3.63, 3.8) is 0 Å². The summed E-state index contributed by atoms with van der Waals surface area (Å²) in [4.78, 5) is 15.7. The Kier molecular flexibility index (Phi) is 7.45. The van der Waals surface area contributed by atoms with Gasteiger partial charge in [-0.15, -0.1) is 0 Å². The molecule has 216 valence electrons. The van der Waals surface area contributed by atoms with Crippen LogP contribution in [0.2, 0.25) is 0 Å². The summed E-state index contributed by atoms with van der Waals surface area (Å²) in [6, 6.07) is 18.4. The summed E-state index contributed by atoms with van der Waals surface area (Å²) in [7, 11) is -0.812. The number of anilines is 1. The number of carbonyl (C=O) groups excluding carboxylic acids is 1. The smallest absolute Gasteiger partial charge is 0.225 e. The van der Waals surface area contributed by atoms with E-state index >= 15 is 0 Å². The molecular weight excluding hydrogens is 538 g/mol. The summed E-state index contributed by atoms with van der Waals surface area (Å²) >= 11 is 0. The second kappa shape index (κ2) is 11.0. The van der Waals surface area contributed by atoms with E-state index in [2.05, 4.69) is 40.6 Å². The van der Waals surface area contributed by atoms with Gasteiger partial charge in [-0.3, -0.25) is 13.9 Å². The predicted octanol–water partition coefficient (Wildman–Crippen LogP) is 5.56. The molecule has 1 aliphatic heterocycles. The van der Waals surface area contributed by atoms with Crippen molar-refractivity contribution in [2.75, 3.05) is 36.6 Å². The standard InChI is InChI=1S/C31H37N5O4S/c1-40-28-9-5-4-8-27(28)36-20-26(22-10-12-23(13-11-22)35-16-18-41(38,39)19-17-35)29(34-36)24-6-2-3-7-25(24)30(37)33-31(21-32)14-15-31/h4-5,8-13,20,24-25,38-39H,2-3,6-7,14-19H2,1H3,(H,33,37)/t24-,25-/m1/s1. The Morgan fingerprint density at radius 3 is 2.49 bits per heavy atom. The molecule has 3 fully saturated rings. The van der Waals surface area contributed by atoms with Gasteiger partial charge in [0.2, 0.25) is 5.91 Å². The molecule has 41 heavy (non-hydrogen) atoms. The lowest BCUT2D eigenvalue weighted by molar-refractivity contribution is -0.127. The first kappa shape index (κ1) is 27.6. The highest BCUT2D eigenvalue weighted by atomic mass is 32.3. The van der Waals surface area contributed by atoms with Gasteiger partial charge in [0.05, 0.1) is 30.4 Å². The van der Waals surface area contributed by atoms with Crippen molar-refractivity contribution in [2.45, 2.75) is 50.0 Å². The van der Waals surface area contributed by atoms with Crippen molar-refractivity contribution >= 4 is 22.2 Å². The van der Waals surface area contributed by atoms with Crippen LogP contribution in [0.15, 0.2) is 54.7 Å². The zero-order valence-corrected chi connectivity index (χ0v) is 24.1. The largest absolute Gasteiger partial charge is 0.494 e. The predicted molar refractivity (Wildman–Crippen MR) is 161 cm³/mol. The molecule has 10 heteroatoms. The summed E-state index contributed by atoms with van der Waals surface area (Å²) in [5.74, 6) is 1.13. The first-order valence-corrected chi connectivity index (χ1v) is 16.3. The van der Waals surface area contributed by atoms with Gasteiger partial charge in [0.25, 0.3) is 0 Å². The fourth-order valence-corrected chi connectivity index (χ4v) is 7.38. The van der Waals surface area contributed by atoms with Crippen LogP contribution in [0, 0.1) is 17.2 Å². The van der Waals surface area contributed by atoms with Gasteiger partial charge >= 0.3 is 0 Å². The Morgan fingerprint density at radius 1 is 1.10 bits per heavy atom. The van der Waals surface area contributed by atoms with Crippen molar-refractivity contribution in [3.05, 3.63) is 60.4 Å². The van der Waals surface area contributed by atoms with Crippen LogP contribution in [0.5, 0.6) is 5.75 Å². The van der Waals surface area contributed by atoms with E-state index in [9.17, 15) is 19.2 Å². The fraction of sp³-hybridized carbons (Fsp3) is 0.452. The van der Waals surface area contributed by atoms with E-state index in [1.165, 1.54) is 0 Å². The van der Waals surface area contributed by atoms with Crippen LogP contribution in [-0.4, -0.2) is 62.0 Å². The molecule has 2 aromatic carbocycles. The van der Waals surface area contributed by atoms with Crippen LogP contribution >= 0.6 is 10.6 Å². The van der Waals surface area contributed by atoms with E-state index in [0.717, 1.165) is 53.9 Å². The van der Waals surface area contributed by atoms with Gasteiger partial charge in [-0.1, -0.05) is 37.1 Å². The maximum Gasteiger partial charge on any atom is 0.225 e. The molecular formula is C31H37N5O4S. The molecule has 2 heterocycles. The fourth-order valence-electron chi connectivity index (χ4n) is 6.15. The number of aromatic nitrogens is 2. The molecule has 1 amide bonds. The van der Waals surface area contributed by atoms with E-state index < -0.39 is 16.1 Å². The first-order valence-electron chi connectivity index (χ1n) is 14.4. The van der Waals surface area contributed by atoms with Crippen molar-refractivity contribution in [3.8, 4) is 28.6 Å². The molecule has 2 aliphatic carbocycles. The Balaban J connectivity index is 1.36. The van der Waals surface area contributed by atoms with Crippen molar-refractivity contribution in [1.29, 1.82) is 5.26 Å². The third-order valence-corrected chi connectivity index (χ3v) is 10.4. The highest BCUT2D eigenvalue weighted by molar-refractivity contribution is 8.24. The quantitative estimate of drug-likeness (QED) is 0.337. The lowest BCUT2D eigenvalue weighted by Crippen LogP contribution is -2.42. The number of nitriles is 1. The molecule has 1 saturated heterocycles. The maximum absolute atomic E-state index is 13.5. The third-order valence-electron chi connectivity index (χ3n) is 8.77. The van der Waals surface area contributed by atoms with E-state index in [0.29, 0.717) is 43.2 Å². The Hall–Kier alpha value is -3.52. The molecule has 6 rings (SSSR count). The normalized spacial score (nSPS) is 23.7. The van der Waals surface area contributed by atoms with Gasteiger partial charge in [0.1, 0.15) is 17.0 Å². The zero-order valence-electron chi connectivity index (χ0n) is 23.3. The average Bonchev–Trinajstić information content (AvgIpc) is 3.63. The summed E-state index contributed by atoms with van der Waals surface area (Å²) in [6.45, 7) is 1.23. The number of hydrogen-bond acceptors (Lipinski definition) is 7. The number of methoxy groups -OCH3 is 1. The lowest BCUT2D eigenvalue weighted by atomic mass is 9.75. The zero-order chi connectivity index (χ0) is 28.6. The summed E-state index contributed by atoms with van der Waals surface area (Å²) in [5.41, 5.74) is 4.04. The minimum absolute atomic E-state index is 0.0436. The number of nitrogens with one attached hydrogen (secondary N) is 1. The second-order valence-electron chi connectivity index (χ2n) is 11.5. The van der Waals surface area contributed by atoms with Gasteiger partial charge in [0.15, 0.2) is 0 Å². The Labute approximate surface area is 242 Å². The molecule has 0 bridgehead atoms. The summed E-state index contributed by atoms with van der Waals surface area (Å²) in [5, 5.41) is 17.7. The molecule has 1 aromatic heterocycles. The average molecular weight is 576 g/mol. The molecule has 9 nitrogen and oxygen atoms in total. The number of para-hydroxylation sites is 2. The van der Waals surface area contributed by atoms with E-state index in [-0.39, 0.29) is 17.7 Å². The molecule has 3 aliphatic rings. The summed E-state index contributed by atoms with van der Waals surface area (Å²) < 4.78 is 27.5. The Morgan fingerprint density at radius 2 is 1.80 bits per heavy atom. The summed E-state index contributed by atoms with van der Waals surface area (Å²) in [6.07, 6.45) is 7.07. The molecule has 2 saturated carbocycles. The number of benzene rings is 2. The lowest BCUT2D eigenvalue weighted by Gasteiger charge is -2.41. The Bertz CT molecular complexity index is 1450.